The van der Waals surface area contributed by atoms with Crippen LogP contribution in [0.3, 0.4) is 0 Å². The first kappa shape index (κ1) is 16.4. The van der Waals surface area contributed by atoms with E-state index in [1.807, 2.05) is 18.2 Å². The monoisotopic (exact) mass is 341 g/mol. The van der Waals surface area contributed by atoms with Crippen LogP contribution in [0.25, 0.3) is 0 Å². The van der Waals surface area contributed by atoms with Crippen molar-refractivity contribution >= 4 is 35.4 Å². The molecule has 2 unspecified atom stereocenters. The fraction of sp³-hybridized carbons (Fsp3) is 0.211. The van der Waals surface area contributed by atoms with E-state index in [9.17, 15) is 14.4 Å². The van der Waals surface area contributed by atoms with Crippen LogP contribution in [0, 0.1) is 5.92 Å². The number of halogens is 1. The maximum atomic E-state index is 12.9. The Morgan fingerprint density at radius 1 is 1.12 bits per heavy atom. The molecule has 1 aliphatic heterocycles. The van der Waals surface area contributed by atoms with E-state index >= 15 is 0 Å². The third-order valence-electron chi connectivity index (χ3n) is 4.58. The molecule has 0 N–H and O–H groups in total. The molecule has 1 fully saturated rings. The van der Waals surface area contributed by atoms with Crippen molar-refractivity contribution in [2.45, 2.75) is 18.8 Å². The minimum absolute atomic E-state index is 0.00448. The highest BCUT2D eigenvalue weighted by atomic mass is 35.5. The summed E-state index contributed by atoms with van der Waals surface area (Å²) in [5, 5.41) is 0.442. The second-order valence-electron chi connectivity index (χ2n) is 6.07. The first-order valence-corrected chi connectivity index (χ1v) is 7.99. The first-order chi connectivity index (χ1) is 11.5. The minimum Gasteiger partial charge on any atom is -0.302 e. The van der Waals surface area contributed by atoms with Gasteiger partial charge in [-0.25, -0.2) is 0 Å². The van der Waals surface area contributed by atoms with E-state index in [-0.39, 0.29) is 18.2 Å². The minimum atomic E-state index is -1.05. The molecule has 2 aromatic rings. The van der Waals surface area contributed by atoms with E-state index in [4.69, 9.17) is 11.6 Å². The van der Waals surface area contributed by atoms with E-state index in [0.29, 0.717) is 10.7 Å². The second-order valence-corrected chi connectivity index (χ2v) is 6.51. The smallest absolute Gasteiger partial charge is 0.238 e. The summed E-state index contributed by atoms with van der Waals surface area (Å²) in [4.78, 5) is 38.3. The number of hydrogen-bond donors (Lipinski definition) is 0. The van der Waals surface area contributed by atoms with Crippen LogP contribution < -0.4 is 4.90 Å². The Bertz CT molecular complexity index is 805. The fourth-order valence-corrected chi connectivity index (χ4v) is 3.32. The first-order valence-electron chi connectivity index (χ1n) is 7.61. The van der Waals surface area contributed by atoms with Crippen LogP contribution in [0.2, 0.25) is 5.02 Å². The second kappa shape index (κ2) is 6.21. The summed E-state index contributed by atoms with van der Waals surface area (Å²) < 4.78 is 0. The Morgan fingerprint density at radius 2 is 1.83 bits per heavy atom. The summed E-state index contributed by atoms with van der Waals surface area (Å²) in [6.07, 6.45) is 0.759. The van der Waals surface area contributed by atoms with Crippen LogP contribution in [0.1, 0.15) is 18.9 Å². The number of anilines is 1. The van der Waals surface area contributed by atoms with Crippen molar-refractivity contribution in [1.29, 1.82) is 0 Å². The van der Waals surface area contributed by atoms with Gasteiger partial charge in [-0.05, 0) is 30.7 Å². The molecular formula is C19H16ClNO3. The molecule has 2 atom stereocenters. The van der Waals surface area contributed by atoms with Crippen molar-refractivity contribution in [2.75, 3.05) is 4.90 Å². The lowest BCUT2D eigenvalue weighted by Crippen LogP contribution is -2.40. The number of hydrogen-bond acceptors (Lipinski definition) is 3. The van der Waals surface area contributed by atoms with Crippen LogP contribution in [-0.2, 0) is 19.8 Å². The highest BCUT2D eigenvalue weighted by molar-refractivity contribution is 6.31. The molecule has 0 aliphatic carbocycles. The Labute approximate surface area is 145 Å². The van der Waals surface area contributed by atoms with E-state index in [2.05, 4.69) is 0 Å². The number of benzene rings is 2. The lowest BCUT2D eigenvalue weighted by atomic mass is 9.72. The number of carbonyl (C=O) groups excluding carboxylic acids is 3. The van der Waals surface area contributed by atoms with Crippen molar-refractivity contribution in [3.63, 3.8) is 0 Å². The van der Waals surface area contributed by atoms with Gasteiger partial charge in [0.15, 0.2) is 0 Å². The average Bonchev–Trinajstić information content (AvgIpc) is 2.90. The zero-order chi connectivity index (χ0) is 17.3. The van der Waals surface area contributed by atoms with Gasteiger partial charge < -0.3 is 4.79 Å². The molecule has 2 amide bonds. The van der Waals surface area contributed by atoms with Crippen LogP contribution in [0.4, 0.5) is 5.69 Å². The van der Waals surface area contributed by atoms with Crippen molar-refractivity contribution in [3.8, 4) is 0 Å². The van der Waals surface area contributed by atoms with Crippen molar-refractivity contribution < 1.29 is 14.4 Å². The Balaban J connectivity index is 2.00. The highest BCUT2D eigenvalue weighted by Gasteiger charge is 2.50. The van der Waals surface area contributed by atoms with Gasteiger partial charge in [0, 0.05) is 11.4 Å². The summed E-state index contributed by atoms with van der Waals surface area (Å²) in [5.74, 6) is -1.43. The molecular weight excluding hydrogens is 326 g/mol. The summed E-state index contributed by atoms with van der Waals surface area (Å²) in [6.45, 7) is 1.70. The molecule has 24 heavy (non-hydrogen) atoms. The predicted molar refractivity (Wildman–Crippen MR) is 91.9 cm³/mol. The summed E-state index contributed by atoms with van der Waals surface area (Å²) in [5.41, 5.74) is 0.0989. The Kier molecular flexibility index (Phi) is 4.24. The topological polar surface area (TPSA) is 54.5 Å². The number of rotatable bonds is 4. The molecule has 5 heteroatoms. The van der Waals surface area contributed by atoms with Crippen LogP contribution in [-0.4, -0.2) is 18.1 Å². The zero-order valence-electron chi connectivity index (χ0n) is 13.1. The van der Waals surface area contributed by atoms with E-state index in [0.717, 1.165) is 16.7 Å². The molecule has 3 rings (SSSR count). The quantitative estimate of drug-likeness (QED) is 0.633. The van der Waals surface area contributed by atoms with Gasteiger partial charge in [-0.15, -0.1) is 0 Å². The van der Waals surface area contributed by atoms with E-state index in [1.165, 1.54) is 0 Å². The number of carbonyl (C=O) groups is 3. The van der Waals surface area contributed by atoms with Crippen molar-refractivity contribution in [1.82, 2.24) is 0 Å². The number of aldehydes is 1. The third-order valence-corrected chi connectivity index (χ3v) is 4.81. The van der Waals surface area contributed by atoms with Crippen LogP contribution >= 0.6 is 11.6 Å². The third kappa shape index (κ3) is 2.63. The lowest BCUT2D eigenvalue weighted by Gasteiger charge is -2.29. The highest BCUT2D eigenvalue weighted by Crippen LogP contribution is 2.39. The van der Waals surface area contributed by atoms with Gasteiger partial charge in [-0.1, -0.05) is 48.0 Å². The lowest BCUT2D eigenvalue weighted by molar-refractivity contribution is -0.126. The maximum Gasteiger partial charge on any atom is 0.238 e. The predicted octanol–water partition coefficient (Wildman–Crippen LogP) is 3.38. The zero-order valence-corrected chi connectivity index (χ0v) is 13.9. The van der Waals surface area contributed by atoms with Gasteiger partial charge in [-0.2, -0.15) is 0 Å². The molecule has 0 bridgehead atoms. The van der Waals surface area contributed by atoms with Gasteiger partial charge in [0.05, 0.1) is 17.0 Å². The summed E-state index contributed by atoms with van der Waals surface area (Å²) >= 11 is 5.96. The van der Waals surface area contributed by atoms with E-state index < -0.39 is 11.3 Å². The average molecular weight is 342 g/mol. The normalized spacial score (nSPS) is 20.1. The number of nitrogens with zero attached hydrogens (tertiary/aromatic N) is 1. The molecule has 0 spiro atoms. The van der Waals surface area contributed by atoms with Gasteiger partial charge in [0.2, 0.25) is 11.8 Å². The molecule has 1 aliphatic rings. The van der Waals surface area contributed by atoms with Crippen LogP contribution in [0.5, 0.6) is 0 Å². The van der Waals surface area contributed by atoms with Gasteiger partial charge >= 0.3 is 0 Å². The molecule has 4 nitrogen and oxygen atoms in total. The molecule has 0 radical (unpaired) electrons. The molecule has 1 saturated heterocycles. The van der Waals surface area contributed by atoms with Crippen molar-refractivity contribution in [3.05, 3.63) is 65.2 Å². The fourth-order valence-electron chi connectivity index (χ4n) is 3.14. The van der Waals surface area contributed by atoms with Crippen molar-refractivity contribution in [2.24, 2.45) is 5.92 Å². The molecule has 0 saturated carbocycles. The Hall–Kier alpha value is -2.46. The SMILES string of the molecule is CC(C=O)(c1ccccc1)C1CC(=O)N(c2cccc(Cl)c2)C1=O. The largest absolute Gasteiger partial charge is 0.302 e. The van der Waals surface area contributed by atoms with E-state index in [1.54, 1.807) is 43.3 Å². The van der Waals surface area contributed by atoms with Gasteiger partial charge in [-0.3, -0.25) is 14.5 Å². The molecule has 122 valence electrons. The summed E-state index contributed by atoms with van der Waals surface area (Å²) in [7, 11) is 0. The maximum absolute atomic E-state index is 12.9. The van der Waals surface area contributed by atoms with Gasteiger partial charge in [0.1, 0.15) is 6.29 Å². The number of amides is 2. The molecule has 1 heterocycles. The molecule has 2 aromatic carbocycles. The number of imide groups is 1. The summed E-state index contributed by atoms with van der Waals surface area (Å²) in [6, 6.07) is 15.7. The standard InChI is InChI=1S/C19H16ClNO3/c1-19(12-22,13-6-3-2-4-7-13)16-11-17(23)21(18(16)24)15-9-5-8-14(20)10-15/h2-10,12,16H,11H2,1H3. The Morgan fingerprint density at radius 3 is 2.46 bits per heavy atom. The molecule has 0 aromatic heterocycles. The van der Waals surface area contributed by atoms with Crippen LogP contribution in [0.15, 0.2) is 54.6 Å². The van der Waals surface area contributed by atoms with Gasteiger partial charge in [0.25, 0.3) is 0 Å².